The van der Waals surface area contributed by atoms with Crippen LogP contribution < -0.4 is 4.90 Å². The van der Waals surface area contributed by atoms with Crippen molar-refractivity contribution < 1.29 is 9.59 Å². The molecule has 0 N–H and O–H groups in total. The molecule has 39 heavy (non-hydrogen) atoms. The lowest BCUT2D eigenvalue weighted by Crippen LogP contribution is -2.48. The van der Waals surface area contributed by atoms with Crippen LogP contribution in [-0.2, 0) is 4.79 Å². The van der Waals surface area contributed by atoms with Crippen LogP contribution >= 0.6 is 23.2 Å². The number of hydrogen-bond donors (Lipinski definition) is 0. The molecular weight excluding hydrogens is 529 g/mol. The van der Waals surface area contributed by atoms with E-state index in [1.54, 1.807) is 4.90 Å². The Morgan fingerprint density at radius 3 is 2.18 bits per heavy atom. The number of para-hydroxylation sites is 1. The first-order valence-corrected chi connectivity index (χ1v) is 14.5. The fraction of sp³-hybridized carbons (Fsp3) is 0.375. The topological polar surface area (TPSA) is 43.9 Å². The van der Waals surface area contributed by atoms with E-state index < -0.39 is 0 Å². The van der Waals surface area contributed by atoms with Crippen molar-refractivity contribution in [2.45, 2.75) is 44.6 Å². The molecule has 5 nitrogen and oxygen atoms in total. The van der Waals surface area contributed by atoms with Gasteiger partial charge in [-0.1, -0.05) is 72.6 Å². The average Bonchev–Trinajstić information content (AvgIpc) is 2.98. The second-order valence-corrected chi connectivity index (χ2v) is 11.1. The van der Waals surface area contributed by atoms with E-state index in [4.69, 9.17) is 23.2 Å². The lowest BCUT2D eigenvalue weighted by Gasteiger charge is -2.39. The Kier molecular flexibility index (Phi) is 10.4. The van der Waals surface area contributed by atoms with E-state index in [1.807, 2.05) is 97.7 Å². The predicted molar refractivity (Wildman–Crippen MR) is 161 cm³/mol. The van der Waals surface area contributed by atoms with Gasteiger partial charge in [0.2, 0.25) is 5.91 Å². The number of carbonyl (C=O) groups excluding carboxylic acids is 2. The third-order valence-corrected chi connectivity index (χ3v) is 8.34. The highest BCUT2D eigenvalue weighted by Gasteiger charge is 2.29. The van der Waals surface area contributed by atoms with Gasteiger partial charge in [0.1, 0.15) is 0 Å². The summed E-state index contributed by atoms with van der Waals surface area (Å²) in [6.45, 7) is 5.26. The highest BCUT2D eigenvalue weighted by Crippen LogP contribution is 2.30. The van der Waals surface area contributed by atoms with Gasteiger partial charge in [-0.05, 0) is 67.8 Å². The molecule has 206 valence electrons. The number of halogens is 2. The summed E-state index contributed by atoms with van der Waals surface area (Å²) in [6.07, 6.45) is 3.25. The summed E-state index contributed by atoms with van der Waals surface area (Å²) in [5.74, 6) is 0.283. The van der Waals surface area contributed by atoms with Crippen LogP contribution in [0.1, 0.15) is 54.4 Å². The van der Waals surface area contributed by atoms with Crippen LogP contribution in [0, 0.1) is 0 Å². The molecule has 1 unspecified atom stereocenters. The Bertz CT molecular complexity index is 1230. The monoisotopic (exact) mass is 565 g/mol. The molecule has 0 spiro atoms. The summed E-state index contributed by atoms with van der Waals surface area (Å²) in [7, 11) is 1.86. The number of piperidine rings is 1. The van der Waals surface area contributed by atoms with Crippen molar-refractivity contribution in [1.29, 1.82) is 0 Å². The van der Waals surface area contributed by atoms with Crippen LogP contribution in [0.5, 0.6) is 0 Å². The number of rotatable bonds is 10. The van der Waals surface area contributed by atoms with Crippen molar-refractivity contribution in [2.75, 3.05) is 38.1 Å². The van der Waals surface area contributed by atoms with E-state index in [2.05, 4.69) is 4.90 Å². The zero-order chi connectivity index (χ0) is 27.8. The second kappa shape index (κ2) is 14.0. The molecule has 1 fully saturated rings. The molecule has 0 bridgehead atoms. The summed E-state index contributed by atoms with van der Waals surface area (Å²) in [4.78, 5) is 32.2. The largest absolute Gasteiger partial charge is 0.341 e. The number of nitrogens with zero attached hydrogens (tertiary/aromatic N) is 3. The maximum atomic E-state index is 13.1. The van der Waals surface area contributed by atoms with Gasteiger partial charge in [-0.15, -0.1) is 0 Å². The maximum Gasteiger partial charge on any atom is 0.253 e. The third kappa shape index (κ3) is 7.63. The van der Waals surface area contributed by atoms with Crippen LogP contribution in [0.2, 0.25) is 10.0 Å². The Morgan fingerprint density at radius 2 is 1.56 bits per heavy atom. The van der Waals surface area contributed by atoms with E-state index in [1.165, 1.54) is 0 Å². The number of benzene rings is 3. The summed E-state index contributed by atoms with van der Waals surface area (Å²) in [5.41, 5.74) is 2.74. The SMILES string of the molecule is CCC(=O)N(c1ccccc1)C1CCN(CCC(CN(C)C(=O)c2ccccc2)c2ccc(Cl)c(Cl)c2)CC1. The van der Waals surface area contributed by atoms with E-state index in [-0.39, 0.29) is 23.8 Å². The van der Waals surface area contributed by atoms with Crippen molar-refractivity contribution in [3.63, 3.8) is 0 Å². The molecule has 0 saturated carbocycles. The summed E-state index contributed by atoms with van der Waals surface area (Å²) >= 11 is 12.6. The lowest BCUT2D eigenvalue weighted by atomic mass is 9.93. The predicted octanol–water partition coefficient (Wildman–Crippen LogP) is 7.15. The molecule has 1 aliphatic heterocycles. The summed E-state index contributed by atoms with van der Waals surface area (Å²) < 4.78 is 0. The van der Waals surface area contributed by atoms with Gasteiger partial charge in [-0.2, -0.15) is 0 Å². The van der Waals surface area contributed by atoms with E-state index in [0.29, 0.717) is 28.6 Å². The highest BCUT2D eigenvalue weighted by molar-refractivity contribution is 6.42. The molecule has 1 heterocycles. The minimum absolute atomic E-state index is 0.00284. The van der Waals surface area contributed by atoms with Crippen LogP contribution in [0.3, 0.4) is 0 Å². The first-order valence-electron chi connectivity index (χ1n) is 13.7. The zero-order valence-corrected chi connectivity index (χ0v) is 24.2. The Morgan fingerprint density at radius 1 is 0.923 bits per heavy atom. The molecule has 1 atom stereocenters. The summed E-state index contributed by atoms with van der Waals surface area (Å²) in [5, 5.41) is 1.05. The van der Waals surface area contributed by atoms with Gasteiger partial charge in [0.25, 0.3) is 5.91 Å². The molecule has 1 saturated heterocycles. The molecule has 7 heteroatoms. The molecule has 1 aliphatic rings. The fourth-order valence-corrected chi connectivity index (χ4v) is 5.71. The van der Waals surface area contributed by atoms with Crippen molar-refractivity contribution in [2.24, 2.45) is 0 Å². The van der Waals surface area contributed by atoms with E-state index in [9.17, 15) is 9.59 Å². The Balaban J connectivity index is 1.41. The van der Waals surface area contributed by atoms with Gasteiger partial charge < -0.3 is 14.7 Å². The molecule has 2 amide bonds. The fourth-order valence-electron chi connectivity index (χ4n) is 5.40. The molecule has 3 aromatic rings. The van der Waals surface area contributed by atoms with Gasteiger partial charge in [0, 0.05) is 56.3 Å². The smallest absolute Gasteiger partial charge is 0.253 e. The lowest BCUT2D eigenvalue weighted by molar-refractivity contribution is -0.119. The number of hydrogen-bond acceptors (Lipinski definition) is 3. The van der Waals surface area contributed by atoms with E-state index >= 15 is 0 Å². The van der Waals surface area contributed by atoms with Crippen molar-refractivity contribution in [3.8, 4) is 0 Å². The number of anilines is 1. The molecule has 4 rings (SSSR count). The van der Waals surface area contributed by atoms with Gasteiger partial charge in [-0.25, -0.2) is 0 Å². The zero-order valence-electron chi connectivity index (χ0n) is 22.7. The first kappa shape index (κ1) is 29.1. The average molecular weight is 567 g/mol. The maximum absolute atomic E-state index is 13.1. The number of likely N-dealkylation sites (N-methyl/N-ethyl adjacent to an activating group) is 1. The van der Waals surface area contributed by atoms with Gasteiger partial charge >= 0.3 is 0 Å². The van der Waals surface area contributed by atoms with Crippen LogP contribution in [0.15, 0.2) is 78.9 Å². The minimum atomic E-state index is 0.00284. The van der Waals surface area contributed by atoms with Gasteiger partial charge in [0.05, 0.1) is 10.0 Å². The number of amides is 2. The van der Waals surface area contributed by atoms with Crippen LogP contribution in [0.4, 0.5) is 5.69 Å². The first-order chi connectivity index (χ1) is 18.9. The Labute approximate surface area is 242 Å². The van der Waals surface area contributed by atoms with Crippen molar-refractivity contribution in [1.82, 2.24) is 9.80 Å². The quantitative estimate of drug-likeness (QED) is 0.262. The molecular formula is C32H37Cl2N3O2. The number of likely N-dealkylation sites (tertiary alicyclic amines) is 1. The third-order valence-electron chi connectivity index (χ3n) is 7.60. The van der Waals surface area contributed by atoms with Gasteiger partial charge in [0.15, 0.2) is 0 Å². The molecule has 0 radical (unpaired) electrons. The summed E-state index contributed by atoms with van der Waals surface area (Å²) in [6, 6.07) is 25.4. The normalized spacial score (nSPS) is 15.1. The highest BCUT2D eigenvalue weighted by atomic mass is 35.5. The standard InChI is InChI=1S/C32H37Cl2N3O2/c1-3-31(38)37(27-12-8-5-9-13-27)28-17-20-36(21-18-28)19-16-26(25-14-15-29(33)30(34)22-25)23-35(2)32(39)24-10-6-4-7-11-24/h4-15,22,26,28H,3,16-21,23H2,1-2H3. The molecule has 3 aromatic carbocycles. The minimum Gasteiger partial charge on any atom is -0.341 e. The second-order valence-electron chi connectivity index (χ2n) is 10.2. The van der Waals surface area contributed by atoms with Crippen molar-refractivity contribution >= 4 is 40.7 Å². The van der Waals surface area contributed by atoms with Crippen LogP contribution in [-0.4, -0.2) is 60.9 Å². The van der Waals surface area contributed by atoms with Gasteiger partial charge in [-0.3, -0.25) is 9.59 Å². The number of carbonyl (C=O) groups is 2. The Hall–Kier alpha value is -2.86. The molecule has 0 aliphatic carbocycles. The van der Waals surface area contributed by atoms with Crippen LogP contribution in [0.25, 0.3) is 0 Å². The molecule has 0 aromatic heterocycles. The van der Waals surface area contributed by atoms with E-state index in [0.717, 1.165) is 50.1 Å². The van der Waals surface area contributed by atoms with Crippen molar-refractivity contribution in [3.05, 3.63) is 100 Å².